The number of thiophene rings is 1. The summed E-state index contributed by atoms with van der Waals surface area (Å²) in [5, 5.41) is 13.6. The maximum atomic E-state index is 11.8. The van der Waals surface area contributed by atoms with Crippen LogP contribution >= 0.6 is 11.3 Å². The zero-order valence-corrected chi connectivity index (χ0v) is 10.6. The molecule has 0 aliphatic rings. The van der Waals surface area contributed by atoms with Crippen LogP contribution in [0.3, 0.4) is 0 Å². The molecule has 0 saturated heterocycles. The van der Waals surface area contributed by atoms with Crippen molar-refractivity contribution in [2.75, 3.05) is 13.2 Å². The van der Waals surface area contributed by atoms with Gasteiger partial charge >= 0.3 is 0 Å². The molecule has 0 bridgehead atoms. The van der Waals surface area contributed by atoms with Crippen molar-refractivity contribution in [1.29, 1.82) is 0 Å². The number of hydrogen-bond acceptors (Lipinski definition) is 3. The number of nitrogens with one attached hydrogen (secondary N) is 1. The molecule has 0 radical (unpaired) electrons. The van der Waals surface area contributed by atoms with Crippen LogP contribution in [0.25, 0.3) is 0 Å². The Morgan fingerprint density at radius 2 is 2.31 bits per heavy atom. The number of aliphatic hydroxyl groups is 1. The SMILES string of the molecule is CC(CCO)CNC(=O)C(C)c1cccs1. The molecule has 1 heterocycles. The van der Waals surface area contributed by atoms with E-state index in [0.29, 0.717) is 12.5 Å². The maximum Gasteiger partial charge on any atom is 0.228 e. The van der Waals surface area contributed by atoms with Gasteiger partial charge < -0.3 is 10.4 Å². The molecule has 0 saturated carbocycles. The monoisotopic (exact) mass is 241 g/mol. The lowest BCUT2D eigenvalue weighted by molar-refractivity contribution is -0.122. The molecule has 2 N–H and O–H groups in total. The third-order valence-electron chi connectivity index (χ3n) is 2.61. The van der Waals surface area contributed by atoms with Gasteiger partial charge in [-0.25, -0.2) is 0 Å². The highest BCUT2D eigenvalue weighted by Gasteiger charge is 2.16. The third-order valence-corrected chi connectivity index (χ3v) is 3.66. The minimum absolute atomic E-state index is 0.0623. The van der Waals surface area contributed by atoms with E-state index in [4.69, 9.17) is 5.11 Å². The first kappa shape index (κ1) is 13.2. The highest BCUT2D eigenvalue weighted by atomic mass is 32.1. The van der Waals surface area contributed by atoms with E-state index in [9.17, 15) is 4.79 Å². The van der Waals surface area contributed by atoms with Gasteiger partial charge in [0, 0.05) is 18.0 Å². The van der Waals surface area contributed by atoms with Gasteiger partial charge in [0.1, 0.15) is 0 Å². The Balaban J connectivity index is 2.35. The van der Waals surface area contributed by atoms with Crippen LogP contribution in [0, 0.1) is 5.92 Å². The standard InChI is InChI=1S/C12H19NO2S/c1-9(5-6-14)8-13-12(15)10(2)11-4-3-7-16-11/h3-4,7,9-10,14H,5-6,8H2,1-2H3,(H,13,15). The van der Waals surface area contributed by atoms with Crippen LogP contribution < -0.4 is 5.32 Å². The summed E-state index contributed by atoms with van der Waals surface area (Å²) < 4.78 is 0. The number of hydrogen-bond donors (Lipinski definition) is 2. The van der Waals surface area contributed by atoms with E-state index < -0.39 is 0 Å². The maximum absolute atomic E-state index is 11.8. The van der Waals surface area contributed by atoms with Crippen molar-refractivity contribution < 1.29 is 9.90 Å². The molecular weight excluding hydrogens is 222 g/mol. The van der Waals surface area contributed by atoms with E-state index in [2.05, 4.69) is 5.32 Å². The molecule has 16 heavy (non-hydrogen) atoms. The summed E-state index contributed by atoms with van der Waals surface area (Å²) in [4.78, 5) is 12.9. The van der Waals surface area contributed by atoms with E-state index in [1.165, 1.54) is 0 Å². The van der Waals surface area contributed by atoms with Crippen LogP contribution in [0.1, 0.15) is 31.1 Å². The Morgan fingerprint density at radius 3 is 2.88 bits per heavy atom. The fraction of sp³-hybridized carbons (Fsp3) is 0.583. The Kier molecular flexibility index (Phi) is 5.49. The number of carbonyl (C=O) groups excluding carboxylic acids is 1. The van der Waals surface area contributed by atoms with E-state index >= 15 is 0 Å². The van der Waals surface area contributed by atoms with Gasteiger partial charge in [0.05, 0.1) is 5.92 Å². The predicted molar refractivity (Wildman–Crippen MR) is 66.6 cm³/mol. The molecule has 4 heteroatoms. The summed E-state index contributed by atoms with van der Waals surface area (Å²) in [6, 6.07) is 3.93. The minimum atomic E-state index is -0.0821. The zero-order chi connectivity index (χ0) is 12.0. The average molecular weight is 241 g/mol. The van der Waals surface area contributed by atoms with Crippen LogP contribution in [0.5, 0.6) is 0 Å². The van der Waals surface area contributed by atoms with E-state index in [-0.39, 0.29) is 18.4 Å². The molecule has 0 aliphatic carbocycles. The second kappa shape index (κ2) is 6.66. The molecule has 1 rings (SSSR count). The third kappa shape index (κ3) is 3.94. The van der Waals surface area contributed by atoms with Gasteiger partial charge in [-0.2, -0.15) is 0 Å². The highest BCUT2D eigenvalue weighted by molar-refractivity contribution is 7.10. The van der Waals surface area contributed by atoms with Crippen LogP contribution in [0.15, 0.2) is 17.5 Å². The van der Waals surface area contributed by atoms with Crippen molar-refractivity contribution in [2.24, 2.45) is 5.92 Å². The highest BCUT2D eigenvalue weighted by Crippen LogP contribution is 2.20. The van der Waals surface area contributed by atoms with Gasteiger partial charge in [0.2, 0.25) is 5.91 Å². The summed E-state index contributed by atoms with van der Waals surface area (Å²) in [6.45, 7) is 4.75. The van der Waals surface area contributed by atoms with Crippen molar-refractivity contribution in [1.82, 2.24) is 5.32 Å². The molecule has 0 aliphatic heterocycles. The largest absolute Gasteiger partial charge is 0.396 e. The normalized spacial score (nSPS) is 14.4. The van der Waals surface area contributed by atoms with Crippen molar-refractivity contribution in [3.63, 3.8) is 0 Å². The van der Waals surface area contributed by atoms with Gasteiger partial charge in [-0.1, -0.05) is 13.0 Å². The first-order valence-electron chi connectivity index (χ1n) is 5.57. The van der Waals surface area contributed by atoms with Gasteiger partial charge in [0.25, 0.3) is 0 Å². The van der Waals surface area contributed by atoms with E-state index in [0.717, 1.165) is 11.3 Å². The van der Waals surface area contributed by atoms with Crippen LogP contribution in [-0.4, -0.2) is 24.2 Å². The summed E-state index contributed by atoms with van der Waals surface area (Å²) in [7, 11) is 0. The zero-order valence-electron chi connectivity index (χ0n) is 9.77. The Hall–Kier alpha value is -0.870. The lowest BCUT2D eigenvalue weighted by atomic mass is 10.1. The van der Waals surface area contributed by atoms with E-state index in [1.54, 1.807) is 11.3 Å². The van der Waals surface area contributed by atoms with Gasteiger partial charge in [-0.3, -0.25) is 4.79 Å². The van der Waals surface area contributed by atoms with Crippen molar-refractivity contribution in [3.05, 3.63) is 22.4 Å². The van der Waals surface area contributed by atoms with E-state index in [1.807, 2.05) is 31.4 Å². The number of rotatable bonds is 6. The second-order valence-corrected chi connectivity index (χ2v) is 5.08. The topological polar surface area (TPSA) is 49.3 Å². The fourth-order valence-corrected chi connectivity index (χ4v) is 2.20. The van der Waals surface area contributed by atoms with Crippen molar-refractivity contribution in [2.45, 2.75) is 26.2 Å². The number of aliphatic hydroxyl groups excluding tert-OH is 1. The molecular formula is C12H19NO2S. The molecule has 2 atom stereocenters. The van der Waals surface area contributed by atoms with Crippen LogP contribution in [0.4, 0.5) is 0 Å². The number of amides is 1. The second-order valence-electron chi connectivity index (χ2n) is 4.10. The molecule has 1 aromatic heterocycles. The summed E-state index contributed by atoms with van der Waals surface area (Å²) in [5.41, 5.74) is 0. The number of carbonyl (C=O) groups is 1. The Morgan fingerprint density at radius 1 is 1.56 bits per heavy atom. The molecule has 0 fully saturated rings. The average Bonchev–Trinajstić information content (AvgIpc) is 2.78. The Bertz CT molecular complexity index is 311. The summed E-state index contributed by atoms with van der Waals surface area (Å²) in [5.74, 6) is 0.304. The molecule has 0 spiro atoms. The summed E-state index contributed by atoms with van der Waals surface area (Å²) >= 11 is 1.60. The molecule has 3 nitrogen and oxygen atoms in total. The molecule has 2 unspecified atom stereocenters. The predicted octanol–water partition coefficient (Wildman–Crippen LogP) is 1.99. The van der Waals surface area contributed by atoms with Gasteiger partial charge in [-0.15, -0.1) is 11.3 Å². The summed E-state index contributed by atoms with van der Waals surface area (Å²) in [6.07, 6.45) is 0.730. The lowest BCUT2D eigenvalue weighted by Gasteiger charge is -2.14. The molecule has 1 aromatic rings. The molecule has 1 amide bonds. The first-order valence-corrected chi connectivity index (χ1v) is 6.45. The van der Waals surface area contributed by atoms with Crippen molar-refractivity contribution in [3.8, 4) is 0 Å². The van der Waals surface area contributed by atoms with Crippen LogP contribution in [0.2, 0.25) is 0 Å². The first-order chi connectivity index (χ1) is 7.65. The Labute approximate surface area is 100 Å². The van der Waals surface area contributed by atoms with Gasteiger partial charge in [0.15, 0.2) is 0 Å². The van der Waals surface area contributed by atoms with Gasteiger partial charge in [-0.05, 0) is 30.7 Å². The quantitative estimate of drug-likeness (QED) is 0.800. The fourth-order valence-electron chi connectivity index (χ4n) is 1.42. The lowest BCUT2D eigenvalue weighted by Crippen LogP contribution is -2.31. The minimum Gasteiger partial charge on any atom is -0.396 e. The smallest absolute Gasteiger partial charge is 0.228 e. The molecule has 0 aromatic carbocycles. The molecule has 90 valence electrons. The van der Waals surface area contributed by atoms with Crippen LogP contribution in [-0.2, 0) is 4.79 Å². The van der Waals surface area contributed by atoms with Crippen molar-refractivity contribution >= 4 is 17.2 Å².